The van der Waals surface area contributed by atoms with Gasteiger partial charge in [0.1, 0.15) is 5.75 Å². The highest BCUT2D eigenvalue weighted by atomic mass is 16.5. The van der Waals surface area contributed by atoms with Gasteiger partial charge in [-0.05, 0) is 12.1 Å². The van der Waals surface area contributed by atoms with Crippen LogP contribution in [0.25, 0.3) is 0 Å². The first-order valence-electron chi connectivity index (χ1n) is 4.99. The van der Waals surface area contributed by atoms with Crippen LogP contribution in [-0.4, -0.2) is 24.3 Å². The third-order valence-corrected chi connectivity index (χ3v) is 2.33. The molecular weight excluding hydrogens is 224 g/mol. The molecule has 0 aromatic heterocycles. The SMILES string of the molecule is NC(=O)CCOc1cccc2c1C(=O)NC2=O. The maximum Gasteiger partial charge on any atom is 0.262 e. The van der Waals surface area contributed by atoms with Gasteiger partial charge in [-0.2, -0.15) is 0 Å². The number of hydrogen-bond acceptors (Lipinski definition) is 4. The average Bonchev–Trinajstić information content (AvgIpc) is 2.55. The fourth-order valence-corrected chi connectivity index (χ4v) is 1.57. The Labute approximate surface area is 96.7 Å². The molecule has 0 bridgehead atoms. The van der Waals surface area contributed by atoms with Gasteiger partial charge in [0.2, 0.25) is 5.91 Å². The molecule has 0 aliphatic carbocycles. The zero-order valence-corrected chi connectivity index (χ0v) is 8.86. The summed E-state index contributed by atoms with van der Waals surface area (Å²) in [5.74, 6) is -1.13. The van der Waals surface area contributed by atoms with Gasteiger partial charge >= 0.3 is 0 Å². The number of rotatable bonds is 4. The lowest BCUT2D eigenvalue weighted by Crippen LogP contribution is -2.20. The van der Waals surface area contributed by atoms with Crippen LogP contribution >= 0.6 is 0 Å². The molecule has 0 saturated heterocycles. The molecule has 3 amide bonds. The zero-order valence-electron chi connectivity index (χ0n) is 8.86. The topological polar surface area (TPSA) is 98.5 Å². The molecule has 0 saturated carbocycles. The minimum absolute atomic E-state index is 0.0548. The highest BCUT2D eigenvalue weighted by Gasteiger charge is 2.29. The van der Waals surface area contributed by atoms with Gasteiger partial charge in [-0.15, -0.1) is 0 Å². The van der Waals surface area contributed by atoms with E-state index in [2.05, 4.69) is 5.32 Å². The molecule has 3 N–H and O–H groups in total. The van der Waals surface area contributed by atoms with Crippen LogP contribution in [-0.2, 0) is 4.79 Å². The summed E-state index contributed by atoms with van der Waals surface area (Å²) in [6.45, 7) is 0.0766. The van der Waals surface area contributed by atoms with Crippen molar-refractivity contribution in [2.75, 3.05) is 6.61 Å². The van der Waals surface area contributed by atoms with Crippen LogP contribution in [0.1, 0.15) is 27.1 Å². The number of hydrogen-bond donors (Lipinski definition) is 2. The summed E-state index contributed by atoms with van der Waals surface area (Å²) in [5, 5.41) is 2.17. The summed E-state index contributed by atoms with van der Waals surface area (Å²) in [6.07, 6.45) is 0.0548. The third kappa shape index (κ3) is 2.10. The number of ether oxygens (including phenoxy) is 1. The molecule has 2 rings (SSSR count). The van der Waals surface area contributed by atoms with E-state index in [0.717, 1.165) is 0 Å². The minimum atomic E-state index is -0.488. The Balaban J connectivity index is 2.22. The maximum absolute atomic E-state index is 11.5. The Morgan fingerprint density at radius 2 is 2.06 bits per heavy atom. The molecule has 6 nitrogen and oxygen atoms in total. The van der Waals surface area contributed by atoms with Gasteiger partial charge in [-0.3, -0.25) is 19.7 Å². The van der Waals surface area contributed by atoms with Gasteiger partial charge in [-0.25, -0.2) is 0 Å². The second-order valence-corrected chi connectivity index (χ2v) is 3.53. The maximum atomic E-state index is 11.5. The molecule has 1 aromatic carbocycles. The predicted molar refractivity (Wildman–Crippen MR) is 57.5 cm³/mol. The van der Waals surface area contributed by atoms with Crippen LogP contribution in [0.5, 0.6) is 5.75 Å². The predicted octanol–water partition coefficient (Wildman–Crippen LogP) is -0.176. The van der Waals surface area contributed by atoms with Crippen molar-refractivity contribution in [1.29, 1.82) is 0 Å². The highest BCUT2D eigenvalue weighted by molar-refractivity contribution is 6.22. The molecule has 0 unspecified atom stereocenters. The summed E-state index contributed by atoms with van der Waals surface area (Å²) in [6, 6.07) is 4.71. The van der Waals surface area contributed by atoms with Crippen LogP contribution < -0.4 is 15.8 Å². The van der Waals surface area contributed by atoms with Crippen molar-refractivity contribution in [2.24, 2.45) is 5.73 Å². The molecule has 17 heavy (non-hydrogen) atoms. The first-order valence-corrected chi connectivity index (χ1v) is 4.99. The standard InChI is InChI=1S/C11H10N2O4/c12-8(14)4-5-17-7-3-1-2-6-9(7)11(16)13-10(6)15/h1-3H,4-5H2,(H2,12,14)(H,13,15,16). The Hall–Kier alpha value is -2.37. The van der Waals surface area contributed by atoms with Gasteiger partial charge in [-0.1, -0.05) is 6.07 Å². The van der Waals surface area contributed by atoms with Gasteiger partial charge in [0.25, 0.3) is 11.8 Å². The molecule has 1 heterocycles. The number of primary amides is 1. The lowest BCUT2D eigenvalue weighted by molar-refractivity contribution is -0.118. The second kappa shape index (κ2) is 4.25. The van der Waals surface area contributed by atoms with Crippen LogP contribution in [0.2, 0.25) is 0 Å². The zero-order chi connectivity index (χ0) is 12.4. The monoisotopic (exact) mass is 234 g/mol. The van der Waals surface area contributed by atoms with Gasteiger partial charge < -0.3 is 10.5 Å². The van der Waals surface area contributed by atoms with E-state index in [4.69, 9.17) is 10.5 Å². The number of nitrogens with two attached hydrogens (primary N) is 1. The summed E-state index contributed by atoms with van der Waals surface area (Å²) in [4.78, 5) is 33.4. The number of amides is 3. The van der Waals surface area contributed by atoms with Crippen molar-refractivity contribution in [3.8, 4) is 5.75 Å². The summed E-state index contributed by atoms with van der Waals surface area (Å²) in [7, 11) is 0. The molecule has 88 valence electrons. The number of nitrogens with one attached hydrogen (secondary N) is 1. The van der Waals surface area contributed by atoms with Crippen LogP contribution in [0.15, 0.2) is 18.2 Å². The van der Waals surface area contributed by atoms with Crippen LogP contribution in [0, 0.1) is 0 Å². The van der Waals surface area contributed by atoms with Crippen molar-refractivity contribution in [1.82, 2.24) is 5.32 Å². The molecule has 0 radical (unpaired) electrons. The fraction of sp³-hybridized carbons (Fsp3) is 0.182. The lowest BCUT2D eigenvalue weighted by Gasteiger charge is -2.07. The molecule has 1 aliphatic rings. The molecule has 1 aliphatic heterocycles. The van der Waals surface area contributed by atoms with E-state index in [1.807, 2.05) is 0 Å². The van der Waals surface area contributed by atoms with Crippen LogP contribution in [0.3, 0.4) is 0 Å². The first-order chi connectivity index (χ1) is 8.09. The van der Waals surface area contributed by atoms with E-state index in [1.165, 1.54) is 6.07 Å². The molecule has 1 aromatic rings. The van der Waals surface area contributed by atoms with Crippen molar-refractivity contribution in [3.63, 3.8) is 0 Å². The third-order valence-electron chi connectivity index (χ3n) is 2.33. The number of carbonyl (C=O) groups excluding carboxylic acids is 3. The van der Waals surface area contributed by atoms with E-state index in [9.17, 15) is 14.4 Å². The lowest BCUT2D eigenvalue weighted by atomic mass is 10.1. The molecule has 0 fully saturated rings. The molecule has 0 atom stereocenters. The van der Waals surface area contributed by atoms with Crippen molar-refractivity contribution in [3.05, 3.63) is 29.3 Å². The summed E-state index contributed by atoms with van der Waals surface area (Å²) in [5.41, 5.74) is 5.46. The number of benzene rings is 1. The summed E-state index contributed by atoms with van der Waals surface area (Å²) < 4.78 is 5.26. The van der Waals surface area contributed by atoms with Crippen LogP contribution in [0.4, 0.5) is 0 Å². The van der Waals surface area contributed by atoms with Crippen molar-refractivity contribution < 1.29 is 19.1 Å². The number of fused-ring (bicyclic) bond motifs is 1. The smallest absolute Gasteiger partial charge is 0.262 e. The van der Waals surface area contributed by atoms with Crippen molar-refractivity contribution >= 4 is 17.7 Å². The van der Waals surface area contributed by atoms with E-state index in [0.29, 0.717) is 0 Å². The number of imide groups is 1. The Morgan fingerprint density at radius 1 is 1.29 bits per heavy atom. The minimum Gasteiger partial charge on any atom is -0.492 e. The Kier molecular flexibility index (Phi) is 2.78. The Bertz CT molecular complexity index is 510. The van der Waals surface area contributed by atoms with Gasteiger partial charge in [0.15, 0.2) is 0 Å². The fourth-order valence-electron chi connectivity index (χ4n) is 1.57. The van der Waals surface area contributed by atoms with E-state index >= 15 is 0 Å². The highest BCUT2D eigenvalue weighted by Crippen LogP contribution is 2.26. The average molecular weight is 234 g/mol. The van der Waals surface area contributed by atoms with Crippen molar-refractivity contribution in [2.45, 2.75) is 6.42 Å². The second-order valence-electron chi connectivity index (χ2n) is 3.53. The molecule has 6 heteroatoms. The largest absolute Gasteiger partial charge is 0.492 e. The summed E-state index contributed by atoms with van der Waals surface area (Å²) >= 11 is 0. The molecular formula is C11H10N2O4. The normalized spacial score (nSPS) is 13.2. The molecule has 0 spiro atoms. The van der Waals surface area contributed by atoms with E-state index < -0.39 is 17.7 Å². The Morgan fingerprint density at radius 3 is 2.76 bits per heavy atom. The quantitative estimate of drug-likeness (QED) is 0.706. The van der Waals surface area contributed by atoms with E-state index in [1.54, 1.807) is 12.1 Å². The first kappa shape index (κ1) is 11.1. The number of carbonyl (C=O) groups is 3. The van der Waals surface area contributed by atoms with Gasteiger partial charge in [0, 0.05) is 0 Å². The van der Waals surface area contributed by atoms with Gasteiger partial charge in [0.05, 0.1) is 24.2 Å². The van der Waals surface area contributed by atoms with E-state index in [-0.39, 0.29) is 29.9 Å².